The maximum absolute atomic E-state index is 3.03. The van der Waals surface area contributed by atoms with Crippen LogP contribution in [-0.2, 0) is 22.9 Å². The lowest BCUT2D eigenvalue weighted by Gasteiger charge is -2.10. The first-order valence-corrected chi connectivity index (χ1v) is 15.0. The molecule has 3 atom stereocenters. The van der Waals surface area contributed by atoms with Gasteiger partial charge in [0.15, 0.2) is 0 Å². The predicted octanol–water partition coefficient (Wildman–Crippen LogP) is 6.03. The Labute approximate surface area is 144 Å². The van der Waals surface area contributed by atoms with Crippen LogP contribution in [0.4, 0.5) is 0 Å². The van der Waals surface area contributed by atoms with Crippen molar-refractivity contribution in [1.29, 1.82) is 0 Å². The van der Waals surface area contributed by atoms with Crippen molar-refractivity contribution in [2.24, 2.45) is 0 Å². The second-order valence-electron chi connectivity index (χ2n) is 6.51. The molecule has 2 rings (SSSR count). The van der Waals surface area contributed by atoms with Crippen molar-refractivity contribution in [2.45, 2.75) is 53.4 Å². The molecule has 1 aliphatic carbocycles. The molecule has 0 spiro atoms. The lowest BCUT2D eigenvalue weighted by molar-refractivity contribution is 0.880. The van der Waals surface area contributed by atoms with Crippen LogP contribution < -0.4 is 0 Å². The van der Waals surface area contributed by atoms with Gasteiger partial charge in [0.25, 0.3) is 0 Å². The van der Waals surface area contributed by atoms with Gasteiger partial charge in [-0.05, 0) is 77.9 Å². The van der Waals surface area contributed by atoms with E-state index in [4.69, 9.17) is 0 Å². The molecule has 0 fully saturated rings. The van der Waals surface area contributed by atoms with Crippen LogP contribution in [0.2, 0.25) is 0 Å². The first-order chi connectivity index (χ1) is 10.3. The summed E-state index contributed by atoms with van der Waals surface area (Å²) in [4.78, 5) is 0. The largest absolute Gasteiger partial charge is 0.145 e. The van der Waals surface area contributed by atoms with E-state index in [-0.39, 0.29) is 6.07 Å². The Kier molecular flexibility index (Phi) is 6.86. The van der Waals surface area contributed by atoms with Gasteiger partial charge in [-0.3, -0.25) is 0 Å². The van der Waals surface area contributed by atoms with Crippen LogP contribution in [0.1, 0.15) is 47.6 Å². The fraction of sp³-hybridized carbons (Fsp3) is 0.556. The highest BCUT2D eigenvalue weighted by Gasteiger charge is 2.23. The number of benzene rings is 1. The van der Waals surface area contributed by atoms with Crippen molar-refractivity contribution in [3.63, 3.8) is 0 Å². The number of fused-ring (bicyclic) bond motifs is 1. The smallest absolute Gasteiger partial charge is 0.0651 e. The zero-order valence-corrected chi connectivity index (χ0v) is 18.6. The van der Waals surface area contributed by atoms with Crippen molar-refractivity contribution in [1.82, 2.24) is 0 Å². The van der Waals surface area contributed by atoms with E-state index in [9.17, 15) is 0 Å². The van der Waals surface area contributed by atoms with Gasteiger partial charge in [0.1, 0.15) is 6.07 Å². The molecule has 1 aliphatic rings. The molecular weight excluding hydrogens is 341 g/mol. The Morgan fingerprint density at radius 3 is 2.36 bits per heavy atom. The zero-order valence-electron chi connectivity index (χ0n) is 14.6. The average Bonchev–Trinajstić information content (AvgIpc) is 2.90. The van der Waals surface area contributed by atoms with Crippen LogP contribution in [-0.4, -0.2) is 12.0 Å². The summed E-state index contributed by atoms with van der Waals surface area (Å²) in [6, 6.07) is 2.38. The van der Waals surface area contributed by atoms with Crippen LogP contribution in [0.25, 0.3) is 0 Å². The molecule has 0 bridgehead atoms. The topological polar surface area (TPSA) is 0 Å². The molecule has 0 saturated heterocycles. The molecule has 122 valence electrons. The third-order valence-corrected chi connectivity index (χ3v) is 15.4. The van der Waals surface area contributed by atoms with Crippen molar-refractivity contribution in [3.8, 4) is 0 Å². The molecular formula is C18H30P3S+. The second kappa shape index (κ2) is 8.03. The van der Waals surface area contributed by atoms with E-state index < -0.39 is 0 Å². The van der Waals surface area contributed by atoms with Gasteiger partial charge in [-0.2, -0.15) is 0 Å². The molecule has 0 aliphatic heterocycles. The zero-order chi connectivity index (χ0) is 16.4. The van der Waals surface area contributed by atoms with Crippen LogP contribution in [0.15, 0.2) is 17.2 Å². The summed E-state index contributed by atoms with van der Waals surface area (Å²) in [5, 5.41) is 0. The van der Waals surface area contributed by atoms with Crippen LogP contribution in [0, 0.1) is 20.8 Å². The van der Waals surface area contributed by atoms with Crippen LogP contribution in [0.5, 0.6) is 0 Å². The second-order valence-corrected chi connectivity index (χ2v) is 19.2. The Balaban J connectivity index is 2.42. The Morgan fingerprint density at radius 1 is 1.14 bits per heavy atom. The van der Waals surface area contributed by atoms with Crippen LogP contribution in [0.3, 0.4) is 0 Å². The Morgan fingerprint density at radius 2 is 1.77 bits per heavy atom. The fourth-order valence-corrected chi connectivity index (χ4v) is 6.68. The summed E-state index contributed by atoms with van der Waals surface area (Å²) in [5.41, 5.74) is 11.2. The van der Waals surface area contributed by atoms with Crippen molar-refractivity contribution in [3.05, 3.63) is 45.0 Å². The fourth-order valence-electron chi connectivity index (χ4n) is 3.43. The minimum Gasteiger partial charge on any atom is -0.0651 e. The standard InChI is InChI=1S/C18H30P3S/c1-6-7-15(11-22(5)21(19)20)16-9-17-13(3)8-12(2)14(4)18(17)10-16/h8H,6-7,9-11,19-20H2,1-5H3/q+1/b16-15-. The molecule has 22 heavy (non-hydrogen) atoms. The number of aryl methyl sites for hydroxylation is 2. The lowest BCUT2D eigenvalue weighted by Crippen LogP contribution is -2.02. The minimum atomic E-state index is 0.0315. The summed E-state index contributed by atoms with van der Waals surface area (Å²) in [5.74, 6) is 1.31. The monoisotopic (exact) mass is 371 g/mol. The first kappa shape index (κ1) is 18.8. The normalized spacial score (nSPS) is 17.4. The van der Waals surface area contributed by atoms with E-state index in [1.165, 1.54) is 48.1 Å². The van der Waals surface area contributed by atoms with E-state index in [1.54, 1.807) is 22.3 Å². The third-order valence-electron chi connectivity index (χ3n) is 4.89. The molecule has 0 saturated carbocycles. The molecule has 0 amide bonds. The highest BCUT2D eigenvalue weighted by Crippen LogP contribution is 2.46. The van der Waals surface area contributed by atoms with E-state index in [1.807, 2.05) is 0 Å². The molecule has 1 aromatic rings. The van der Waals surface area contributed by atoms with Crippen molar-refractivity contribution >= 4 is 34.0 Å². The van der Waals surface area contributed by atoms with Crippen molar-refractivity contribution in [2.75, 3.05) is 12.0 Å². The van der Waals surface area contributed by atoms with Gasteiger partial charge in [0, 0.05) is 12.0 Å². The average molecular weight is 371 g/mol. The number of hydrogen-bond donors (Lipinski definition) is 0. The van der Waals surface area contributed by atoms with Gasteiger partial charge in [-0.15, -0.1) is 0 Å². The molecule has 4 heteroatoms. The molecule has 0 nitrogen and oxygen atoms in total. The Hall–Kier alpha value is 0.470. The first-order valence-electron chi connectivity index (χ1n) is 8.05. The lowest BCUT2D eigenvalue weighted by atomic mass is 9.95. The van der Waals surface area contributed by atoms with E-state index >= 15 is 0 Å². The quantitative estimate of drug-likeness (QED) is 0.448. The molecule has 1 aromatic carbocycles. The summed E-state index contributed by atoms with van der Waals surface area (Å²) >= 11 is 0. The van der Waals surface area contributed by atoms with Gasteiger partial charge in [0.05, 0.1) is 17.9 Å². The maximum Gasteiger partial charge on any atom is 0.145 e. The summed E-state index contributed by atoms with van der Waals surface area (Å²) in [7, 11) is 6.55. The third kappa shape index (κ3) is 4.11. The van der Waals surface area contributed by atoms with Gasteiger partial charge in [-0.1, -0.05) is 30.6 Å². The van der Waals surface area contributed by atoms with Gasteiger partial charge < -0.3 is 0 Å². The van der Waals surface area contributed by atoms with Gasteiger partial charge >= 0.3 is 0 Å². The maximum atomic E-state index is 3.03. The number of rotatable bonds is 4. The molecule has 3 unspecified atom stereocenters. The van der Waals surface area contributed by atoms with E-state index in [2.05, 4.69) is 57.9 Å². The van der Waals surface area contributed by atoms with Crippen molar-refractivity contribution < 1.29 is 0 Å². The Bertz CT molecular complexity index is 653. The highest BCUT2D eigenvalue weighted by molar-refractivity contribution is 8.63. The van der Waals surface area contributed by atoms with E-state index in [0.29, 0.717) is 10.1 Å². The van der Waals surface area contributed by atoms with Gasteiger partial charge in [-0.25, -0.2) is 0 Å². The summed E-state index contributed by atoms with van der Waals surface area (Å²) < 4.78 is 0. The molecule has 0 aromatic heterocycles. The van der Waals surface area contributed by atoms with E-state index in [0.717, 1.165) is 0 Å². The molecule has 0 N–H and O–H groups in total. The predicted molar refractivity (Wildman–Crippen MR) is 114 cm³/mol. The molecule has 0 radical (unpaired) electrons. The SMILES string of the molecule is CCC/C(CS(C)=[P+](P)P)=C1\Cc2c(C)cc(C)c(C)c2C1. The number of hydrogen-bond acceptors (Lipinski definition) is 0. The number of allylic oxidation sites excluding steroid dienone is 1. The minimum absolute atomic E-state index is 0.0315. The highest BCUT2D eigenvalue weighted by atomic mass is 32.8. The van der Waals surface area contributed by atoms with Gasteiger partial charge in [0.2, 0.25) is 0 Å². The van der Waals surface area contributed by atoms with Crippen LogP contribution >= 0.6 is 23.9 Å². The summed E-state index contributed by atoms with van der Waals surface area (Å²) in [6.45, 7) is 9.19. The summed E-state index contributed by atoms with van der Waals surface area (Å²) in [6.07, 6.45) is 7.45. The molecule has 0 heterocycles.